The van der Waals surface area contributed by atoms with E-state index in [1.807, 2.05) is 26.8 Å². The third kappa shape index (κ3) is 1.82. The standard InChI is InChI=1S/C8H8ClN3.C2H6/c1-5-3-11-12-4-7(10)6(9)2-8(5)12;1-2/h2-4H,10H2,1H3;1-2H3. The highest BCUT2D eigenvalue weighted by molar-refractivity contribution is 6.33. The maximum Gasteiger partial charge on any atom is 0.0707 e. The van der Waals surface area contributed by atoms with Crippen molar-refractivity contribution in [1.82, 2.24) is 9.61 Å². The Kier molecular flexibility index (Phi) is 3.36. The number of aryl methyl sites for hydroxylation is 1. The van der Waals surface area contributed by atoms with Crippen LogP contribution in [0.1, 0.15) is 19.4 Å². The zero-order chi connectivity index (χ0) is 10.7. The van der Waals surface area contributed by atoms with E-state index < -0.39 is 0 Å². The number of fused-ring (bicyclic) bond motifs is 1. The quantitative estimate of drug-likeness (QED) is 0.728. The first-order chi connectivity index (χ1) is 6.68. The van der Waals surface area contributed by atoms with Crippen LogP contribution >= 0.6 is 11.6 Å². The van der Waals surface area contributed by atoms with Gasteiger partial charge in [-0.2, -0.15) is 5.10 Å². The molecule has 14 heavy (non-hydrogen) atoms. The van der Waals surface area contributed by atoms with Crippen LogP contribution in [0.25, 0.3) is 5.52 Å². The lowest BCUT2D eigenvalue weighted by Gasteiger charge is -1.99. The Morgan fingerprint density at radius 1 is 1.43 bits per heavy atom. The Balaban J connectivity index is 0.000000461. The van der Waals surface area contributed by atoms with Crippen molar-refractivity contribution in [1.29, 1.82) is 0 Å². The van der Waals surface area contributed by atoms with E-state index >= 15 is 0 Å². The number of anilines is 1. The number of nitrogen functional groups attached to an aromatic ring is 1. The molecule has 76 valence electrons. The number of nitrogens with two attached hydrogens (primary N) is 1. The lowest BCUT2D eigenvalue weighted by atomic mass is 10.3. The number of pyridine rings is 1. The average molecular weight is 212 g/mol. The van der Waals surface area contributed by atoms with Crippen molar-refractivity contribution < 1.29 is 0 Å². The van der Waals surface area contributed by atoms with Crippen LogP contribution in [0.2, 0.25) is 5.02 Å². The van der Waals surface area contributed by atoms with Gasteiger partial charge in [-0.25, -0.2) is 4.52 Å². The summed E-state index contributed by atoms with van der Waals surface area (Å²) >= 11 is 5.85. The molecule has 0 aliphatic heterocycles. The molecule has 0 spiro atoms. The molecular formula is C10H14ClN3. The van der Waals surface area contributed by atoms with Gasteiger partial charge in [0.2, 0.25) is 0 Å². The number of aromatic nitrogens is 2. The van der Waals surface area contributed by atoms with E-state index in [0.29, 0.717) is 10.7 Å². The fourth-order valence-corrected chi connectivity index (χ4v) is 1.29. The Labute approximate surface area is 88.5 Å². The molecule has 0 amide bonds. The number of halogens is 1. The Bertz CT molecular complexity index is 434. The van der Waals surface area contributed by atoms with E-state index in [4.69, 9.17) is 17.3 Å². The predicted octanol–water partition coefficient (Wildman–Crippen LogP) is 2.90. The monoisotopic (exact) mass is 211 g/mol. The molecule has 3 nitrogen and oxygen atoms in total. The van der Waals surface area contributed by atoms with Gasteiger partial charge in [-0.05, 0) is 18.6 Å². The predicted molar refractivity (Wildman–Crippen MR) is 60.7 cm³/mol. The van der Waals surface area contributed by atoms with E-state index in [1.165, 1.54) is 0 Å². The molecule has 2 aromatic heterocycles. The lowest BCUT2D eigenvalue weighted by Crippen LogP contribution is -1.92. The third-order valence-corrected chi connectivity index (χ3v) is 2.15. The second-order valence-electron chi connectivity index (χ2n) is 2.73. The number of rotatable bonds is 0. The summed E-state index contributed by atoms with van der Waals surface area (Å²) in [5.41, 5.74) is 8.24. The van der Waals surface area contributed by atoms with Gasteiger partial charge in [-0.15, -0.1) is 0 Å². The summed E-state index contributed by atoms with van der Waals surface area (Å²) in [6.45, 7) is 5.98. The summed E-state index contributed by atoms with van der Waals surface area (Å²) in [6.07, 6.45) is 3.50. The molecule has 0 radical (unpaired) electrons. The molecule has 2 rings (SSSR count). The van der Waals surface area contributed by atoms with E-state index in [2.05, 4.69) is 5.10 Å². The smallest absolute Gasteiger partial charge is 0.0707 e. The van der Waals surface area contributed by atoms with E-state index in [0.717, 1.165) is 11.1 Å². The zero-order valence-corrected chi connectivity index (χ0v) is 9.34. The lowest BCUT2D eigenvalue weighted by molar-refractivity contribution is 0.964. The van der Waals surface area contributed by atoms with Crippen LogP contribution < -0.4 is 5.73 Å². The molecule has 2 N–H and O–H groups in total. The second-order valence-corrected chi connectivity index (χ2v) is 3.14. The molecule has 0 saturated heterocycles. The second kappa shape index (κ2) is 4.33. The maximum absolute atomic E-state index is 5.85. The van der Waals surface area contributed by atoms with Crippen LogP contribution in [0.5, 0.6) is 0 Å². The first-order valence-corrected chi connectivity index (χ1v) is 4.95. The maximum atomic E-state index is 5.85. The topological polar surface area (TPSA) is 43.3 Å². The summed E-state index contributed by atoms with van der Waals surface area (Å²) in [6, 6.07) is 1.82. The highest BCUT2D eigenvalue weighted by Crippen LogP contribution is 2.21. The van der Waals surface area contributed by atoms with Crippen LogP contribution in [0, 0.1) is 6.92 Å². The van der Waals surface area contributed by atoms with E-state index in [1.54, 1.807) is 16.9 Å². The van der Waals surface area contributed by atoms with Crippen LogP contribution in [0.4, 0.5) is 5.69 Å². The van der Waals surface area contributed by atoms with E-state index in [9.17, 15) is 0 Å². The summed E-state index contributed by atoms with van der Waals surface area (Å²) in [5, 5.41) is 4.67. The minimum Gasteiger partial charge on any atom is -0.396 e. The van der Waals surface area contributed by atoms with Gasteiger partial charge < -0.3 is 5.73 Å². The van der Waals surface area contributed by atoms with Crippen LogP contribution in [-0.2, 0) is 0 Å². The molecule has 2 aromatic rings. The molecule has 0 aliphatic rings. The van der Waals surface area contributed by atoms with Gasteiger partial charge in [0.25, 0.3) is 0 Å². The van der Waals surface area contributed by atoms with Gasteiger partial charge in [0.05, 0.1) is 28.6 Å². The molecule has 0 aromatic carbocycles. The number of hydrogen-bond donors (Lipinski definition) is 1. The van der Waals surface area contributed by atoms with Crippen molar-refractivity contribution in [2.75, 3.05) is 5.73 Å². The minimum absolute atomic E-state index is 0.548. The molecule has 0 fully saturated rings. The Morgan fingerprint density at radius 2 is 2.07 bits per heavy atom. The highest BCUT2D eigenvalue weighted by Gasteiger charge is 2.02. The van der Waals surface area contributed by atoms with Gasteiger partial charge in [-0.1, -0.05) is 25.4 Å². The molecule has 2 heterocycles. The Morgan fingerprint density at radius 3 is 2.71 bits per heavy atom. The van der Waals surface area contributed by atoms with Crippen molar-refractivity contribution in [3.05, 3.63) is 29.0 Å². The summed E-state index contributed by atoms with van der Waals surface area (Å²) in [4.78, 5) is 0. The highest BCUT2D eigenvalue weighted by atomic mass is 35.5. The fraction of sp³-hybridized carbons (Fsp3) is 0.300. The Hall–Kier alpha value is -1.22. The van der Waals surface area contributed by atoms with Crippen molar-refractivity contribution in [3.63, 3.8) is 0 Å². The van der Waals surface area contributed by atoms with Crippen LogP contribution in [0.3, 0.4) is 0 Å². The number of hydrogen-bond acceptors (Lipinski definition) is 2. The normalized spacial score (nSPS) is 9.71. The average Bonchev–Trinajstić information content (AvgIpc) is 2.53. The summed E-state index contributed by atoms with van der Waals surface area (Å²) < 4.78 is 1.72. The van der Waals surface area contributed by atoms with Gasteiger partial charge in [0.15, 0.2) is 0 Å². The molecular weight excluding hydrogens is 198 g/mol. The van der Waals surface area contributed by atoms with Crippen LogP contribution in [-0.4, -0.2) is 9.61 Å². The minimum atomic E-state index is 0.548. The summed E-state index contributed by atoms with van der Waals surface area (Å²) in [7, 11) is 0. The molecule has 0 bridgehead atoms. The molecule has 0 aliphatic carbocycles. The van der Waals surface area contributed by atoms with Crippen molar-refractivity contribution in [2.45, 2.75) is 20.8 Å². The van der Waals surface area contributed by atoms with Crippen molar-refractivity contribution in [3.8, 4) is 0 Å². The molecule has 0 saturated carbocycles. The SMILES string of the molecule is CC.Cc1cnn2cc(N)c(Cl)cc12. The first-order valence-electron chi connectivity index (χ1n) is 4.57. The largest absolute Gasteiger partial charge is 0.396 e. The van der Waals surface area contributed by atoms with Crippen molar-refractivity contribution >= 4 is 22.8 Å². The number of nitrogens with zero attached hydrogens (tertiary/aromatic N) is 2. The van der Waals surface area contributed by atoms with Gasteiger partial charge in [0.1, 0.15) is 0 Å². The zero-order valence-electron chi connectivity index (χ0n) is 8.58. The molecule has 0 atom stereocenters. The van der Waals surface area contributed by atoms with Crippen molar-refractivity contribution in [2.24, 2.45) is 0 Å². The van der Waals surface area contributed by atoms with E-state index in [-0.39, 0.29) is 0 Å². The summed E-state index contributed by atoms with van der Waals surface area (Å²) in [5.74, 6) is 0. The van der Waals surface area contributed by atoms with Gasteiger partial charge in [0, 0.05) is 0 Å². The van der Waals surface area contributed by atoms with Gasteiger partial charge in [-0.3, -0.25) is 0 Å². The fourth-order valence-electron chi connectivity index (χ4n) is 1.14. The molecule has 0 unspecified atom stereocenters. The first kappa shape index (κ1) is 10.9. The van der Waals surface area contributed by atoms with Crippen LogP contribution in [0.15, 0.2) is 18.5 Å². The van der Waals surface area contributed by atoms with Gasteiger partial charge >= 0.3 is 0 Å². The molecule has 4 heteroatoms. The third-order valence-electron chi connectivity index (χ3n) is 1.83.